The first-order chi connectivity index (χ1) is 7.61. The maximum Gasteiger partial charge on any atom is 0.180 e. The summed E-state index contributed by atoms with van der Waals surface area (Å²) in [5.74, 6) is 1.16. The van der Waals surface area contributed by atoms with Crippen molar-refractivity contribution in [2.24, 2.45) is 0 Å². The smallest absolute Gasteiger partial charge is 0.180 e. The largest absolute Gasteiger partial charge is 0.493 e. The van der Waals surface area contributed by atoms with Gasteiger partial charge in [0.2, 0.25) is 0 Å². The Morgan fingerprint density at radius 2 is 2.12 bits per heavy atom. The Kier molecular flexibility index (Phi) is 3.26. The van der Waals surface area contributed by atoms with Gasteiger partial charge in [-0.05, 0) is 37.5 Å². The molecule has 3 nitrogen and oxygen atoms in total. The topological polar surface area (TPSA) is 38.7 Å². The van der Waals surface area contributed by atoms with E-state index in [2.05, 4.69) is 0 Å². The zero-order valence-electron chi connectivity index (χ0n) is 9.37. The van der Waals surface area contributed by atoms with Gasteiger partial charge in [0, 0.05) is 0 Å². The van der Waals surface area contributed by atoms with Crippen LogP contribution in [0.25, 0.3) is 0 Å². The Hall–Kier alpha value is -0.930. The fourth-order valence-electron chi connectivity index (χ4n) is 1.45. The zero-order chi connectivity index (χ0) is 11.7. The fourth-order valence-corrected chi connectivity index (χ4v) is 1.71. The second kappa shape index (κ2) is 4.52. The molecule has 0 radical (unpaired) electrons. The second-order valence-electron chi connectivity index (χ2n) is 4.03. The summed E-state index contributed by atoms with van der Waals surface area (Å²) in [6, 6.07) is 3.47. The molecule has 1 N–H and O–H groups in total. The van der Waals surface area contributed by atoms with Crippen LogP contribution in [0.1, 0.15) is 31.4 Å². The molecule has 4 heteroatoms. The van der Waals surface area contributed by atoms with Gasteiger partial charge in [-0.25, -0.2) is 0 Å². The molecule has 0 amide bonds. The van der Waals surface area contributed by atoms with Crippen molar-refractivity contribution in [2.75, 3.05) is 7.11 Å². The van der Waals surface area contributed by atoms with Crippen molar-refractivity contribution in [1.82, 2.24) is 0 Å². The van der Waals surface area contributed by atoms with Gasteiger partial charge in [-0.2, -0.15) is 0 Å². The van der Waals surface area contributed by atoms with Crippen LogP contribution < -0.4 is 9.47 Å². The van der Waals surface area contributed by atoms with Crippen molar-refractivity contribution < 1.29 is 14.6 Å². The number of methoxy groups -OCH3 is 1. The molecule has 0 bridgehead atoms. The fraction of sp³-hybridized carbons (Fsp3) is 0.500. The summed E-state index contributed by atoms with van der Waals surface area (Å²) >= 11 is 6.11. The first kappa shape index (κ1) is 11.6. The quantitative estimate of drug-likeness (QED) is 0.882. The monoisotopic (exact) mass is 242 g/mol. The molecule has 0 saturated heterocycles. The van der Waals surface area contributed by atoms with E-state index in [0.717, 1.165) is 18.4 Å². The molecule has 1 aromatic rings. The average molecular weight is 243 g/mol. The number of halogens is 1. The van der Waals surface area contributed by atoms with E-state index in [-0.39, 0.29) is 6.10 Å². The lowest BCUT2D eigenvalue weighted by Gasteiger charge is -2.14. The van der Waals surface area contributed by atoms with Gasteiger partial charge in [-0.3, -0.25) is 0 Å². The molecule has 2 rings (SSSR count). The predicted molar refractivity (Wildman–Crippen MR) is 62.3 cm³/mol. The van der Waals surface area contributed by atoms with Crippen LogP contribution in [0.4, 0.5) is 0 Å². The van der Waals surface area contributed by atoms with E-state index in [9.17, 15) is 5.11 Å². The maximum atomic E-state index is 9.50. The van der Waals surface area contributed by atoms with E-state index < -0.39 is 6.10 Å². The number of rotatable bonds is 4. The number of hydrogen-bond donors (Lipinski definition) is 1. The molecule has 1 unspecified atom stereocenters. The highest BCUT2D eigenvalue weighted by atomic mass is 35.5. The van der Waals surface area contributed by atoms with Crippen LogP contribution in [-0.2, 0) is 0 Å². The molecule has 1 atom stereocenters. The van der Waals surface area contributed by atoms with Crippen molar-refractivity contribution in [3.63, 3.8) is 0 Å². The average Bonchev–Trinajstić information content (AvgIpc) is 3.04. The molecular formula is C12H15ClO3. The predicted octanol–water partition coefficient (Wildman–Crippen LogP) is 2.94. The van der Waals surface area contributed by atoms with Gasteiger partial charge >= 0.3 is 0 Å². The van der Waals surface area contributed by atoms with Crippen molar-refractivity contribution in [2.45, 2.75) is 32.0 Å². The molecule has 1 fully saturated rings. The Morgan fingerprint density at radius 1 is 1.44 bits per heavy atom. The van der Waals surface area contributed by atoms with Gasteiger partial charge in [0.15, 0.2) is 11.5 Å². The first-order valence-electron chi connectivity index (χ1n) is 5.34. The van der Waals surface area contributed by atoms with Crippen LogP contribution in [0, 0.1) is 0 Å². The van der Waals surface area contributed by atoms with Crippen molar-refractivity contribution >= 4 is 11.6 Å². The van der Waals surface area contributed by atoms with Gasteiger partial charge < -0.3 is 14.6 Å². The number of aliphatic hydroxyl groups excluding tert-OH is 1. The van der Waals surface area contributed by atoms with Gasteiger partial charge in [0.25, 0.3) is 0 Å². The van der Waals surface area contributed by atoms with Crippen LogP contribution in [0.3, 0.4) is 0 Å². The Labute approximate surface area is 99.9 Å². The Bertz CT molecular complexity index is 386. The third-order valence-corrected chi connectivity index (χ3v) is 2.82. The minimum absolute atomic E-state index is 0.267. The summed E-state index contributed by atoms with van der Waals surface area (Å²) in [5, 5.41) is 9.99. The highest BCUT2D eigenvalue weighted by molar-refractivity contribution is 6.32. The molecule has 1 aliphatic carbocycles. The standard InChI is InChI=1S/C12H15ClO3/c1-7(14)8-5-10(13)12(11(6-8)15-2)16-9-3-4-9/h5-7,9,14H,3-4H2,1-2H3. The van der Waals surface area contributed by atoms with Crippen molar-refractivity contribution in [3.05, 3.63) is 22.7 Å². The number of aliphatic hydroxyl groups is 1. The van der Waals surface area contributed by atoms with Crippen molar-refractivity contribution in [1.29, 1.82) is 0 Å². The molecule has 0 aromatic heterocycles. The zero-order valence-corrected chi connectivity index (χ0v) is 10.1. The molecule has 0 spiro atoms. The summed E-state index contributed by atoms with van der Waals surface area (Å²) in [4.78, 5) is 0. The van der Waals surface area contributed by atoms with E-state index in [1.165, 1.54) is 0 Å². The summed E-state index contributed by atoms with van der Waals surface area (Å²) in [5.41, 5.74) is 0.727. The summed E-state index contributed by atoms with van der Waals surface area (Å²) in [7, 11) is 1.57. The number of benzene rings is 1. The first-order valence-corrected chi connectivity index (χ1v) is 5.71. The maximum absolute atomic E-state index is 9.50. The highest BCUT2D eigenvalue weighted by Gasteiger charge is 2.26. The lowest BCUT2D eigenvalue weighted by atomic mass is 10.1. The van der Waals surface area contributed by atoms with Crippen LogP contribution >= 0.6 is 11.6 Å². The summed E-state index contributed by atoms with van der Waals surface area (Å²) < 4.78 is 10.9. The minimum atomic E-state index is -0.568. The van der Waals surface area contributed by atoms with Gasteiger partial charge in [-0.15, -0.1) is 0 Å². The molecule has 1 aliphatic rings. The third-order valence-electron chi connectivity index (χ3n) is 2.54. The van der Waals surface area contributed by atoms with E-state index in [1.54, 1.807) is 26.2 Å². The molecule has 0 aliphatic heterocycles. The SMILES string of the molecule is COc1cc(C(C)O)cc(Cl)c1OC1CC1. The van der Waals surface area contributed by atoms with Crippen molar-refractivity contribution in [3.8, 4) is 11.5 Å². The van der Waals surface area contributed by atoms with E-state index in [1.807, 2.05) is 0 Å². The molecule has 1 saturated carbocycles. The van der Waals surface area contributed by atoms with E-state index >= 15 is 0 Å². The summed E-state index contributed by atoms with van der Waals surface area (Å²) in [6.45, 7) is 1.69. The number of ether oxygens (including phenoxy) is 2. The van der Waals surface area contributed by atoms with Crippen LogP contribution in [0.5, 0.6) is 11.5 Å². The minimum Gasteiger partial charge on any atom is -0.493 e. The number of hydrogen-bond acceptors (Lipinski definition) is 3. The summed E-state index contributed by atoms with van der Waals surface area (Å²) in [6.07, 6.45) is 1.83. The van der Waals surface area contributed by atoms with Gasteiger partial charge in [0.05, 0.1) is 24.3 Å². The second-order valence-corrected chi connectivity index (χ2v) is 4.43. The highest BCUT2D eigenvalue weighted by Crippen LogP contribution is 2.41. The molecule has 0 heterocycles. The van der Waals surface area contributed by atoms with E-state index in [0.29, 0.717) is 16.5 Å². The lowest BCUT2D eigenvalue weighted by Crippen LogP contribution is -2.01. The van der Waals surface area contributed by atoms with Crippen LogP contribution in [-0.4, -0.2) is 18.3 Å². The van der Waals surface area contributed by atoms with Crippen LogP contribution in [0.15, 0.2) is 12.1 Å². The normalized spacial score (nSPS) is 17.0. The molecule has 16 heavy (non-hydrogen) atoms. The van der Waals surface area contributed by atoms with Gasteiger partial charge in [-0.1, -0.05) is 11.6 Å². The Balaban J connectivity index is 2.34. The Morgan fingerprint density at radius 3 is 2.62 bits per heavy atom. The molecule has 1 aromatic carbocycles. The third kappa shape index (κ3) is 2.42. The van der Waals surface area contributed by atoms with Crippen LogP contribution in [0.2, 0.25) is 5.02 Å². The van der Waals surface area contributed by atoms with Gasteiger partial charge in [0.1, 0.15) is 0 Å². The molecular weight excluding hydrogens is 228 g/mol. The lowest BCUT2D eigenvalue weighted by molar-refractivity contribution is 0.198. The van der Waals surface area contributed by atoms with E-state index in [4.69, 9.17) is 21.1 Å². The molecule has 88 valence electrons.